The summed E-state index contributed by atoms with van der Waals surface area (Å²) in [5.41, 5.74) is 2.85. The Bertz CT molecular complexity index is 1110. The third-order valence-corrected chi connectivity index (χ3v) is 6.89. The van der Waals surface area contributed by atoms with E-state index >= 15 is 0 Å². The second kappa shape index (κ2) is 8.37. The van der Waals surface area contributed by atoms with Gasteiger partial charge in [-0.05, 0) is 56.5 Å². The molecule has 9 nitrogen and oxygen atoms in total. The first-order chi connectivity index (χ1) is 16.0. The number of aromatic nitrogens is 2. The molecule has 1 amide bonds. The predicted octanol–water partition coefficient (Wildman–Crippen LogP) is 2.93. The van der Waals surface area contributed by atoms with Crippen LogP contribution >= 0.6 is 0 Å². The molecule has 2 heterocycles. The minimum atomic E-state index is -0.291. The maximum absolute atomic E-state index is 12.1. The Morgan fingerprint density at radius 1 is 1.24 bits per heavy atom. The molecule has 0 unspecified atom stereocenters. The number of hydrogen-bond acceptors (Lipinski definition) is 8. The summed E-state index contributed by atoms with van der Waals surface area (Å²) in [6.07, 6.45) is 6.18. The van der Waals surface area contributed by atoms with Gasteiger partial charge >= 0.3 is 0 Å². The second-order valence-electron chi connectivity index (χ2n) is 9.29. The molecule has 2 bridgehead atoms. The Hall–Kier alpha value is -3.64. The molecule has 3 aliphatic carbocycles. The minimum absolute atomic E-state index is 0.0924. The van der Waals surface area contributed by atoms with E-state index in [0.717, 1.165) is 57.0 Å². The summed E-state index contributed by atoms with van der Waals surface area (Å²) in [4.78, 5) is 25.6. The Morgan fingerprint density at radius 2 is 2.00 bits per heavy atom. The molecule has 1 aromatic heterocycles. The number of benzene rings is 1. The number of piperazine rings is 1. The number of rotatable bonds is 7. The SMILES string of the molecule is C=CC(=O)Nc1cc(N2CCN(C)CC2)ccc1Nc1ncc(C#N)c(NC23CC(C2)C3)n1. The molecule has 4 aliphatic rings. The fourth-order valence-corrected chi connectivity index (χ4v) is 4.81. The Labute approximate surface area is 193 Å². The van der Waals surface area contributed by atoms with E-state index in [2.05, 4.69) is 55.4 Å². The van der Waals surface area contributed by atoms with E-state index in [9.17, 15) is 10.1 Å². The Balaban J connectivity index is 1.40. The third kappa shape index (κ3) is 4.22. The van der Waals surface area contributed by atoms with Gasteiger partial charge in [-0.15, -0.1) is 0 Å². The topological polar surface area (TPSA) is 109 Å². The first kappa shape index (κ1) is 21.2. The maximum atomic E-state index is 12.1. The predicted molar refractivity (Wildman–Crippen MR) is 129 cm³/mol. The first-order valence-corrected chi connectivity index (χ1v) is 11.3. The highest BCUT2D eigenvalue weighted by atomic mass is 16.1. The van der Waals surface area contributed by atoms with Gasteiger partial charge in [-0.1, -0.05) is 6.58 Å². The molecular weight excluding hydrogens is 416 g/mol. The quantitative estimate of drug-likeness (QED) is 0.560. The van der Waals surface area contributed by atoms with Crippen LogP contribution in [0.2, 0.25) is 0 Å². The summed E-state index contributed by atoms with van der Waals surface area (Å²) in [6.45, 7) is 7.39. The van der Waals surface area contributed by atoms with Crippen LogP contribution in [0.25, 0.3) is 0 Å². The van der Waals surface area contributed by atoms with Crippen LogP contribution in [0.4, 0.5) is 28.8 Å². The van der Waals surface area contributed by atoms with Gasteiger partial charge in [0.25, 0.3) is 0 Å². The fourth-order valence-electron chi connectivity index (χ4n) is 4.81. The molecule has 0 atom stereocenters. The van der Waals surface area contributed by atoms with Crippen molar-refractivity contribution in [2.45, 2.75) is 24.8 Å². The van der Waals surface area contributed by atoms with Crippen molar-refractivity contribution in [3.63, 3.8) is 0 Å². The van der Waals surface area contributed by atoms with Crippen molar-refractivity contribution < 1.29 is 4.79 Å². The molecule has 33 heavy (non-hydrogen) atoms. The standard InChI is InChI=1S/C24H28N8O/c1-3-21(33)27-20-10-18(32-8-6-31(2)7-9-32)4-5-19(20)28-23-26-15-17(14-25)22(29-23)30-24-11-16(12-24)13-24/h3-5,10,15-16H,1,6-9,11-13H2,2H3,(H,27,33)(H2,26,28,29,30). The van der Waals surface area contributed by atoms with Crippen molar-refractivity contribution >= 4 is 34.7 Å². The van der Waals surface area contributed by atoms with Crippen LogP contribution in [-0.2, 0) is 4.79 Å². The van der Waals surface area contributed by atoms with E-state index in [1.54, 1.807) is 0 Å². The van der Waals surface area contributed by atoms with Crippen molar-refractivity contribution in [3.05, 3.63) is 42.6 Å². The van der Waals surface area contributed by atoms with Gasteiger partial charge in [0.1, 0.15) is 17.5 Å². The summed E-state index contributed by atoms with van der Waals surface area (Å²) in [6, 6.07) is 8.08. The van der Waals surface area contributed by atoms with Crippen molar-refractivity contribution in [3.8, 4) is 6.07 Å². The van der Waals surface area contributed by atoms with Gasteiger partial charge in [0, 0.05) is 37.4 Å². The third-order valence-electron chi connectivity index (χ3n) is 6.89. The van der Waals surface area contributed by atoms with Crippen LogP contribution in [-0.4, -0.2) is 59.5 Å². The highest BCUT2D eigenvalue weighted by molar-refractivity contribution is 6.01. The zero-order valence-electron chi connectivity index (χ0n) is 18.8. The lowest BCUT2D eigenvalue weighted by molar-refractivity contribution is -0.111. The van der Waals surface area contributed by atoms with E-state index in [1.807, 2.05) is 18.2 Å². The van der Waals surface area contributed by atoms with E-state index in [4.69, 9.17) is 0 Å². The lowest BCUT2D eigenvalue weighted by Crippen LogP contribution is -2.63. The average Bonchev–Trinajstić information content (AvgIpc) is 2.77. The molecule has 9 heteroatoms. The molecule has 3 saturated carbocycles. The van der Waals surface area contributed by atoms with Crippen LogP contribution in [0.1, 0.15) is 24.8 Å². The summed E-state index contributed by atoms with van der Waals surface area (Å²) in [5.74, 6) is 1.45. The first-order valence-electron chi connectivity index (χ1n) is 11.3. The summed E-state index contributed by atoms with van der Waals surface area (Å²) in [5, 5.41) is 19.1. The Kier molecular flexibility index (Phi) is 5.38. The smallest absolute Gasteiger partial charge is 0.247 e. The van der Waals surface area contributed by atoms with Crippen molar-refractivity contribution in [2.75, 3.05) is 54.1 Å². The van der Waals surface area contributed by atoms with Gasteiger partial charge in [0.2, 0.25) is 11.9 Å². The van der Waals surface area contributed by atoms with E-state index in [1.165, 1.54) is 12.3 Å². The molecule has 6 rings (SSSR count). The lowest BCUT2D eigenvalue weighted by Gasteiger charge is -2.62. The van der Waals surface area contributed by atoms with Crippen molar-refractivity contribution in [1.82, 2.24) is 14.9 Å². The molecular formula is C24H28N8O. The summed E-state index contributed by atoms with van der Waals surface area (Å²) < 4.78 is 0. The highest BCUT2D eigenvalue weighted by Gasteiger charge is 2.57. The molecule has 3 N–H and O–H groups in total. The van der Waals surface area contributed by atoms with Crippen LogP contribution in [0.15, 0.2) is 37.1 Å². The summed E-state index contributed by atoms with van der Waals surface area (Å²) >= 11 is 0. The molecule has 4 fully saturated rings. The molecule has 0 radical (unpaired) electrons. The van der Waals surface area contributed by atoms with Crippen LogP contribution in [0, 0.1) is 17.2 Å². The average molecular weight is 445 g/mol. The molecule has 2 aromatic rings. The maximum Gasteiger partial charge on any atom is 0.247 e. The molecule has 1 aromatic carbocycles. The molecule has 170 valence electrons. The zero-order valence-corrected chi connectivity index (χ0v) is 18.8. The number of hydrogen-bond donors (Lipinski definition) is 3. The largest absolute Gasteiger partial charge is 0.369 e. The second-order valence-corrected chi connectivity index (χ2v) is 9.29. The molecule has 1 aliphatic heterocycles. The normalized spacial score (nSPS) is 23.5. The van der Waals surface area contributed by atoms with Crippen molar-refractivity contribution in [1.29, 1.82) is 5.26 Å². The number of amides is 1. The van der Waals surface area contributed by atoms with Crippen LogP contribution < -0.4 is 20.9 Å². The number of carbonyl (C=O) groups is 1. The summed E-state index contributed by atoms with van der Waals surface area (Å²) in [7, 11) is 2.12. The van der Waals surface area contributed by atoms with Crippen LogP contribution in [0.5, 0.6) is 0 Å². The number of anilines is 5. The lowest BCUT2D eigenvalue weighted by atomic mass is 9.50. The van der Waals surface area contributed by atoms with Gasteiger partial charge < -0.3 is 25.8 Å². The van der Waals surface area contributed by atoms with E-state index < -0.39 is 0 Å². The number of nitrogens with one attached hydrogen (secondary N) is 3. The number of carbonyl (C=O) groups excluding carboxylic acids is 1. The highest BCUT2D eigenvalue weighted by Crippen LogP contribution is 2.58. The van der Waals surface area contributed by atoms with Gasteiger partial charge in [-0.2, -0.15) is 10.2 Å². The fraction of sp³-hybridized carbons (Fsp3) is 0.417. The molecule has 1 saturated heterocycles. The van der Waals surface area contributed by atoms with Gasteiger partial charge in [0.05, 0.1) is 17.6 Å². The van der Waals surface area contributed by atoms with Gasteiger partial charge in [-0.3, -0.25) is 4.79 Å². The minimum Gasteiger partial charge on any atom is -0.369 e. The van der Waals surface area contributed by atoms with Crippen molar-refractivity contribution in [2.24, 2.45) is 5.92 Å². The van der Waals surface area contributed by atoms with Gasteiger partial charge in [0.15, 0.2) is 0 Å². The van der Waals surface area contributed by atoms with E-state index in [-0.39, 0.29) is 11.4 Å². The zero-order chi connectivity index (χ0) is 23.0. The number of nitrogens with zero attached hydrogens (tertiary/aromatic N) is 5. The van der Waals surface area contributed by atoms with E-state index in [0.29, 0.717) is 28.7 Å². The number of nitriles is 1. The van der Waals surface area contributed by atoms with Crippen LogP contribution in [0.3, 0.4) is 0 Å². The Morgan fingerprint density at radius 3 is 2.64 bits per heavy atom. The number of likely N-dealkylation sites (N-methyl/N-ethyl adjacent to an activating group) is 1. The van der Waals surface area contributed by atoms with Gasteiger partial charge in [-0.25, -0.2) is 4.98 Å². The monoisotopic (exact) mass is 444 g/mol. The molecule has 0 spiro atoms.